The second kappa shape index (κ2) is 5.50. The van der Waals surface area contributed by atoms with Gasteiger partial charge < -0.3 is 19.1 Å². The van der Waals surface area contributed by atoms with Crippen LogP contribution in [0.2, 0.25) is 0 Å². The van der Waals surface area contributed by atoms with E-state index in [-0.39, 0.29) is 11.9 Å². The molecule has 1 N–H and O–H groups in total. The minimum Gasteiger partial charge on any atom is -0.504 e. The molecule has 106 valence electrons. The molecule has 0 amide bonds. The van der Waals surface area contributed by atoms with Crippen molar-refractivity contribution >= 4 is 0 Å². The quantitative estimate of drug-likeness (QED) is 0.922. The Morgan fingerprint density at radius 2 is 2.35 bits per heavy atom. The SMILES string of the molecule is COc1cc(-c2nc(CC3CCCO3)no2)ccc1O. The lowest BCUT2D eigenvalue weighted by Gasteiger charge is -2.04. The lowest BCUT2D eigenvalue weighted by atomic mass is 10.2. The van der Waals surface area contributed by atoms with E-state index in [0.717, 1.165) is 19.4 Å². The number of nitrogens with zero attached hydrogens (tertiary/aromatic N) is 2. The van der Waals surface area contributed by atoms with Crippen LogP contribution in [0.25, 0.3) is 11.5 Å². The van der Waals surface area contributed by atoms with E-state index in [1.807, 2.05) is 0 Å². The van der Waals surface area contributed by atoms with E-state index in [1.165, 1.54) is 13.2 Å². The highest BCUT2D eigenvalue weighted by molar-refractivity contribution is 5.59. The molecule has 1 fully saturated rings. The van der Waals surface area contributed by atoms with Crippen molar-refractivity contribution in [2.24, 2.45) is 0 Å². The average molecular weight is 276 g/mol. The number of aromatic hydroxyl groups is 1. The van der Waals surface area contributed by atoms with Crippen molar-refractivity contribution in [1.29, 1.82) is 0 Å². The molecule has 6 nitrogen and oxygen atoms in total. The molecule has 1 aliphatic rings. The van der Waals surface area contributed by atoms with Gasteiger partial charge >= 0.3 is 0 Å². The molecular weight excluding hydrogens is 260 g/mol. The fourth-order valence-corrected chi connectivity index (χ4v) is 2.27. The van der Waals surface area contributed by atoms with Gasteiger partial charge in [0.15, 0.2) is 17.3 Å². The van der Waals surface area contributed by atoms with Crippen molar-refractivity contribution in [1.82, 2.24) is 10.1 Å². The Balaban J connectivity index is 1.78. The number of phenolic OH excluding ortho intramolecular Hbond substituents is 1. The summed E-state index contributed by atoms with van der Waals surface area (Å²) in [5, 5.41) is 13.5. The number of phenols is 1. The fourth-order valence-electron chi connectivity index (χ4n) is 2.27. The second-order valence-electron chi connectivity index (χ2n) is 4.74. The van der Waals surface area contributed by atoms with Gasteiger partial charge in [-0.1, -0.05) is 5.16 Å². The number of ether oxygens (including phenoxy) is 2. The molecule has 1 unspecified atom stereocenters. The molecule has 6 heteroatoms. The molecule has 0 saturated carbocycles. The maximum atomic E-state index is 9.57. The van der Waals surface area contributed by atoms with E-state index < -0.39 is 0 Å². The molecule has 2 heterocycles. The van der Waals surface area contributed by atoms with Crippen LogP contribution in [0.1, 0.15) is 18.7 Å². The first-order chi connectivity index (χ1) is 9.76. The summed E-state index contributed by atoms with van der Waals surface area (Å²) in [4.78, 5) is 4.35. The Kier molecular flexibility index (Phi) is 3.56. The van der Waals surface area contributed by atoms with Crippen LogP contribution in [-0.4, -0.2) is 35.1 Å². The third kappa shape index (κ3) is 2.60. The van der Waals surface area contributed by atoms with Gasteiger partial charge in [-0.25, -0.2) is 0 Å². The molecule has 1 aliphatic heterocycles. The number of aromatic nitrogens is 2. The summed E-state index contributed by atoms with van der Waals surface area (Å²) in [6.45, 7) is 0.810. The summed E-state index contributed by atoms with van der Waals surface area (Å²) in [5.41, 5.74) is 0.714. The average Bonchev–Trinajstić information content (AvgIpc) is 3.12. The zero-order valence-corrected chi connectivity index (χ0v) is 11.2. The lowest BCUT2D eigenvalue weighted by Crippen LogP contribution is -2.09. The minimum atomic E-state index is 0.0790. The Morgan fingerprint density at radius 3 is 3.10 bits per heavy atom. The van der Waals surface area contributed by atoms with E-state index in [2.05, 4.69) is 10.1 Å². The van der Waals surface area contributed by atoms with E-state index in [4.69, 9.17) is 14.0 Å². The number of hydrogen-bond acceptors (Lipinski definition) is 6. The van der Waals surface area contributed by atoms with E-state index in [0.29, 0.717) is 29.4 Å². The smallest absolute Gasteiger partial charge is 0.258 e. The highest BCUT2D eigenvalue weighted by atomic mass is 16.5. The molecule has 1 atom stereocenters. The first kappa shape index (κ1) is 12.9. The zero-order valence-electron chi connectivity index (χ0n) is 11.2. The van der Waals surface area contributed by atoms with Gasteiger partial charge in [0.25, 0.3) is 5.89 Å². The van der Waals surface area contributed by atoms with Gasteiger partial charge in [0, 0.05) is 18.6 Å². The van der Waals surface area contributed by atoms with E-state index >= 15 is 0 Å². The number of rotatable bonds is 4. The van der Waals surface area contributed by atoms with Crippen molar-refractivity contribution in [3.05, 3.63) is 24.0 Å². The molecule has 20 heavy (non-hydrogen) atoms. The summed E-state index contributed by atoms with van der Waals surface area (Å²) >= 11 is 0. The van der Waals surface area contributed by atoms with Gasteiger partial charge in [0.05, 0.1) is 13.2 Å². The van der Waals surface area contributed by atoms with Crippen molar-refractivity contribution < 1.29 is 19.1 Å². The number of hydrogen-bond donors (Lipinski definition) is 1. The van der Waals surface area contributed by atoms with Gasteiger partial charge in [-0.15, -0.1) is 0 Å². The number of benzene rings is 1. The molecular formula is C14H16N2O4. The van der Waals surface area contributed by atoms with Crippen LogP contribution in [0.5, 0.6) is 11.5 Å². The first-order valence-electron chi connectivity index (χ1n) is 6.58. The molecule has 1 aromatic heterocycles. The summed E-state index contributed by atoms with van der Waals surface area (Å²) in [6.07, 6.45) is 2.98. The third-order valence-corrected chi connectivity index (χ3v) is 3.33. The number of methoxy groups -OCH3 is 1. The van der Waals surface area contributed by atoms with Crippen LogP contribution in [0.4, 0.5) is 0 Å². The van der Waals surface area contributed by atoms with Crippen LogP contribution in [0, 0.1) is 0 Å². The van der Waals surface area contributed by atoms with Crippen molar-refractivity contribution in [2.45, 2.75) is 25.4 Å². The highest BCUT2D eigenvalue weighted by Crippen LogP contribution is 2.30. The molecule has 0 bridgehead atoms. The van der Waals surface area contributed by atoms with Crippen molar-refractivity contribution in [3.63, 3.8) is 0 Å². The largest absolute Gasteiger partial charge is 0.504 e. The van der Waals surface area contributed by atoms with Crippen LogP contribution >= 0.6 is 0 Å². The summed E-state index contributed by atoms with van der Waals surface area (Å²) in [7, 11) is 1.50. The standard InChI is InChI=1S/C14H16N2O4/c1-18-12-7-9(4-5-11(12)17)14-15-13(16-20-14)8-10-3-2-6-19-10/h4-5,7,10,17H,2-3,6,8H2,1H3. The second-order valence-corrected chi connectivity index (χ2v) is 4.74. The molecule has 2 aromatic rings. The molecule has 3 rings (SSSR count). The van der Waals surface area contributed by atoms with Crippen LogP contribution in [0.15, 0.2) is 22.7 Å². The predicted molar refractivity (Wildman–Crippen MR) is 70.6 cm³/mol. The highest BCUT2D eigenvalue weighted by Gasteiger charge is 2.19. The van der Waals surface area contributed by atoms with Gasteiger partial charge in [-0.2, -0.15) is 4.98 Å². The normalized spacial score (nSPS) is 18.4. The van der Waals surface area contributed by atoms with E-state index in [1.54, 1.807) is 12.1 Å². The summed E-state index contributed by atoms with van der Waals surface area (Å²) < 4.78 is 15.9. The van der Waals surface area contributed by atoms with Crippen LogP contribution in [0.3, 0.4) is 0 Å². The van der Waals surface area contributed by atoms with Gasteiger partial charge in [0.1, 0.15) is 0 Å². The Bertz CT molecular complexity index is 591. The molecule has 0 aliphatic carbocycles. The Hall–Kier alpha value is -2.08. The summed E-state index contributed by atoms with van der Waals surface area (Å²) in [6, 6.07) is 4.91. The van der Waals surface area contributed by atoms with Gasteiger partial charge in [0.2, 0.25) is 0 Å². The molecule has 0 radical (unpaired) electrons. The minimum absolute atomic E-state index is 0.0790. The fraction of sp³-hybridized carbons (Fsp3) is 0.429. The zero-order chi connectivity index (χ0) is 13.9. The Morgan fingerprint density at radius 1 is 1.45 bits per heavy atom. The maximum absolute atomic E-state index is 9.57. The lowest BCUT2D eigenvalue weighted by molar-refractivity contribution is 0.109. The van der Waals surface area contributed by atoms with Crippen molar-refractivity contribution in [2.75, 3.05) is 13.7 Å². The molecule has 1 saturated heterocycles. The first-order valence-corrected chi connectivity index (χ1v) is 6.58. The topological polar surface area (TPSA) is 77.6 Å². The third-order valence-electron chi connectivity index (χ3n) is 3.33. The monoisotopic (exact) mass is 276 g/mol. The molecule has 1 aromatic carbocycles. The van der Waals surface area contributed by atoms with Crippen LogP contribution < -0.4 is 4.74 Å². The predicted octanol–water partition coefficient (Wildman–Crippen LogP) is 2.17. The van der Waals surface area contributed by atoms with Gasteiger partial charge in [-0.05, 0) is 31.0 Å². The van der Waals surface area contributed by atoms with Crippen LogP contribution in [-0.2, 0) is 11.2 Å². The van der Waals surface area contributed by atoms with Crippen molar-refractivity contribution in [3.8, 4) is 23.0 Å². The Labute approximate surface area is 116 Å². The maximum Gasteiger partial charge on any atom is 0.258 e. The summed E-state index contributed by atoms with van der Waals surface area (Å²) in [5.74, 6) is 1.51. The molecule has 0 spiro atoms. The van der Waals surface area contributed by atoms with E-state index in [9.17, 15) is 5.11 Å². The van der Waals surface area contributed by atoms with Gasteiger partial charge in [-0.3, -0.25) is 0 Å².